The SMILES string of the molecule is COCc1c(C(=O)N(C)C(C)c2ccncc2)oc2ccccc12. The van der Waals surface area contributed by atoms with Crippen molar-refractivity contribution in [3.63, 3.8) is 0 Å². The molecule has 1 amide bonds. The number of para-hydroxylation sites is 1. The molecule has 1 atom stereocenters. The molecule has 0 bridgehead atoms. The Morgan fingerprint density at radius 2 is 1.96 bits per heavy atom. The van der Waals surface area contributed by atoms with Crippen LogP contribution in [0, 0.1) is 0 Å². The Bertz CT molecular complexity index is 842. The predicted molar refractivity (Wildman–Crippen MR) is 91.7 cm³/mol. The Morgan fingerprint density at radius 1 is 1.25 bits per heavy atom. The molecule has 2 heterocycles. The predicted octanol–water partition coefficient (Wildman–Crippen LogP) is 3.81. The molecule has 0 aliphatic rings. The summed E-state index contributed by atoms with van der Waals surface area (Å²) in [5.74, 6) is 0.170. The molecule has 5 heteroatoms. The number of rotatable bonds is 5. The molecule has 0 saturated carbocycles. The van der Waals surface area contributed by atoms with Gasteiger partial charge in [0, 0.05) is 37.5 Å². The van der Waals surface area contributed by atoms with Crippen molar-refractivity contribution in [3.05, 3.63) is 65.7 Å². The van der Waals surface area contributed by atoms with E-state index in [9.17, 15) is 4.79 Å². The molecular formula is C19H20N2O3. The fraction of sp³-hybridized carbons (Fsp3) is 0.263. The first-order valence-corrected chi connectivity index (χ1v) is 7.80. The Morgan fingerprint density at radius 3 is 2.67 bits per heavy atom. The summed E-state index contributed by atoms with van der Waals surface area (Å²) in [6, 6.07) is 11.3. The van der Waals surface area contributed by atoms with Crippen LogP contribution in [0.25, 0.3) is 11.0 Å². The molecule has 5 nitrogen and oxygen atoms in total. The lowest BCUT2D eigenvalue weighted by Gasteiger charge is -2.24. The summed E-state index contributed by atoms with van der Waals surface area (Å²) >= 11 is 0. The molecule has 3 rings (SSSR count). The zero-order valence-electron chi connectivity index (χ0n) is 14.0. The minimum absolute atomic E-state index is 0.0934. The number of amides is 1. The number of furan rings is 1. The highest BCUT2D eigenvalue weighted by Crippen LogP contribution is 2.29. The van der Waals surface area contributed by atoms with Crippen LogP contribution in [-0.4, -0.2) is 29.9 Å². The maximum Gasteiger partial charge on any atom is 0.290 e. The van der Waals surface area contributed by atoms with Crippen LogP contribution >= 0.6 is 0 Å². The van der Waals surface area contributed by atoms with Gasteiger partial charge in [-0.2, -0.15) is 0 Å². The van der Waals surface area contributed by atoms with Crippen LogP contribution in [0.4, 0.5) is 0 Å². The zero-order chi connectivity index (χ0) is 17.1. The molecule has 124 valence electrons. The molecule has 1 unspecified atom stereocenters. The van der Waals surface area contributed by atoms with Crippen molar-refractivity contribution >= 4 is 16.9 Å². The lowest BCUT2D eigenvalue weighted by atomic mass is 10.1. The number of benzene rings is 1. The summed E-state index contributed by atoms with van der Waals surface area (Å²) in [7, 11) is 3.39. The monoisotopic (exact) mass is 324 g/mol. The fourth-order valence-corrected chi connectivity index (χ4v) is 2.76. The van der Waals surface area contributed by atoms with E-state index in [-0.39, 0.29) is 11.9 Å². The average Bonchev–Trinajstić information content (AvgIpc) is 2.99. The number of fused-ring (bicyclic) bond motifs is 1. The summed E-state index contributed by atoms with van der Waals surface area (Å²) in [6.45, 7) is 2.31. The van der Waals surface area contributed by atoms with E-state index in [1.807, 2.05) is 43.3 Å². The van der Waals surface area contributed by atoms with Crippen LogP contribution < -0.4 is 0 Å². The highest BCUT2D eigenvalue weighted by atomic mass is 16.5. The van der Waals surface area contributed by atoms with E-state index in [0.29, 0.717) is 18.0 Å². The minimum Gasteiger partial charge on any atom is -0.451 e. The third kappa shape index (κ3) is 2.90. The Balaban J connectivity index is 1.97. The van der Waals surface area contributed by atoms with Gasteiger partial charge in [-0.05, 0) is 30.7 Å². The largest absolute Gasteiger partial charge is 0.451 e. The van der Waals surface area contributed by atoms with Crippen molar-refractivity contribution < 1.29 is 13.9 Å². The van der Waals surface area contributed by atoms with Crippen LogP contribution in [0.3, 0.4) is 0 Å². The maximum absolute atomic E-state index is 13.0. The molecule has 0 aliphatic carbocycles. The van der Waals surface area contributed by atoms with Gasteiger partial charge < -0.3 is 14.1 Å². The number of nitrogens with zero attached hydrogens (tertiary/aromatic N) is 2. The average molecular weight is 324 g/mol. The summed E-state index contributed by atoms with van der Waals surface area (Å²) in [5.41, 5.74) is 2.50. The molecule has 3 aromatic rings. The van der Waals surface area contributed by atoms with Gasteiger partial charge in [-0.1, -0.05) is 18.2 Å². The number of pyridine rings is 1. The van der Waals surface area contributed by atoms with E-state index in [1.165, 1.54) is 0 Å². The quantitative estimate of drug-likeness (QED) is 0.716. The van der Waals surface area contributed by atoms with Crippen LogP contribution in [-0.2, 0) is 11.3 Å². The van der Waals surface area contributed by atoms with E-state index in [1.54, 1.807) is 31.5 Å². The summed E-state index contributed by atoms with van der Waals surface area (Å²) < 4.78 is 11.1. The van der Waals surface area contributed by atoms with E-state index in [0.717, 1.165) is 16.5 Å². The first kappa shape index (κ1) is 16.2. The van der Waals surface area contributed by atoms with Gasteiger partial charge >= 0.3 is 0 Å². The van der Waals surface area contributed by atoms with Crippen molar-refractivity contribution in [2.75, 3.05) is 14.2 Å². The van der Waals surface area contributed by atoms with Crippen molar-refractivity contribution in [1.82, 2.24) is 9.88 Å². The number of hydrogen-bond donors (Lipinski definition) is 0. The highest BCUT2D eigenvalue weighted by Gasteiger charge is 2.26. The number of carbonyl (C=O) groups is 1. The van der Waals surface area contributed by atoms with Crippen LogP contribution in [0.5, 0.6) is 0 Å². The van der Waals surface area contributed by atoms with Gasteiger partial charge in [-0.3, -0.25) is 9.78 Å². The second-order valence-electron chi connectivity index (χ2n) is 5.71. The van der Waals surface area contributed by atoms with Crippen LogP contribution in [0.2, 0.25) is 0 Å². The molecule has 0 saturated heterocycles. The van der Waals surface area contributed by atoms with Gasteiger partial charge in [0.2, 0.25) is 0 Å². The van der Waals surface area contributed by atoms with Crippen molar-refractivity contribution in [2.45, 2.75) is 19.6 Å². The number of aromatic nitrogens is 1. The van der Waals surface area contributed by atoms with Gasteiger partial charge in [0.15, 0.2) is 5.76 Å². The Labute approximate surface area is 140 Å². The van der Waals surface area contributed by atoms with Gasteiger partial charge in [-0.15, -0.1) is 0 Å². The van der Waals surface area contributed by atoms with Crippen LogP contribution in [0.15, 0.2) is 53.2 Å². The van der Waals surface area contributed by atoms with Crippen molar-refractivity contribution in [3.8, 4) is 0 Å². The second kappa shape index (κ2) is 6.84. The normalized spacial score (nSPS) is 12.3. The smallest absolute Gasteiger partial charge is 0.290 e. The van der Waals surface area contributed by atoms with E-state index in [4.69, 9.17) is 9.15 Å². The Hall–Kier alpha value is -2.66. The Kier molecular flexibility index (Phi) is 4.62. The lowest BCUT2D eigenvalue weighted by molar-refractivity contribution is 0.0706. The molecule has 0 radical (unpaired) electrons. The standard InChI is InChI=1S/C19H20N2O3/c1-13(14-8-10-20-11-9-14)21(2)19(22)18-16(12-23-3)15-6-4-5-7-17(15)24-18/h4-11,13H,12H2,1-3H3. The van der Waals surface area contributed by atoms with Gasteiger partial charge in [0.05, 0.1) is 12.6 Å². The van der Waals surface area contributed by atoms with Gasteiger partial charge in [0.1, 0.15) is 5.58 Å². The third-order valence-corrected chi connectivity index (χ3v) is 4.27. The van der Waals surface area contributed by atoms with Gasteiger partial charge in [0.25, 0.3) is 5.91 Å². The first-order valence-electron chi connectivity index (χ1n) is 7.80. The number of hydrogen-bond acceptors (Lipinski definition) is 4. The summed E-state index contributed by atoms with van der Waals surface area (Å²) in [5, 5.41) is 0.910. The van der Waals surface area contributed by atoms with E-state index < -0.39 is 0 Å². The maximum atomic E-state index is 13.0. The third-order valence-electron chi connectivity index (χ3n) is 4.27. The van der Waals surface area contributed by atoms with E-state index >= 15 is 0 Å². The second-order valence-corrected chi connectivity index (χ2v) is 5.71. The highest BCUT2D eigenvalue weighted by molar-refractivity contribution is 5.99. The zero-order valence-corrected chi connectivity index (χ0v) is 14.0. The molecule has 24 heavy (non-hydrogen) atoms. The van der Waals surface area contributed by atoms with E-state index in [2.05, 4.69) is 4.98 Å². The number of carbonyl (C=O) groups excluding carboxylic acids is 1. The summed E-state index contributed by atoms with van der Waals surface area (Å²) in [6.07, 6.45) is 3.45. The lowest BCUT2D eigenvalue weighted by Crippen LogP contribution is -2.30. The van der Waals surface area contributed by atoms with Crippen molar-refractivity contribution in [1.29, 1.82) is 0 Å². The molecule has 0 spiro atoms. The minimum atomic E-state index is -0.164. The molecule has 1 aromatic carbocycles. The number of methoxy groups -OCH3 is 1. The topological polar surface area (TPSA) is 55.6 Å². The van der Waals surface area contributed by atoms with Crippen LogP contribution in [0.1, 0.15) is 34.6 Å². The fourth-order valence-electron chi connectivity index (χ4n) is 2.76. The molecule has 0 fully saturated rings. The molecule has 0 aliphatic heterocycles. The molecule has 2 aromatic heterocycles. The first-order chi connectivity index (χ1) is 11.6. The molecular weight excluding hydrogens is 304 g/mol. The molecule has 0 N–H and O–H groups in total. The van der Waals surface area contributed by atoms with Crippen molar-refractivity contribution in [2.24, 2.45) is 0 Å². The number of ether oxygens (including phenoxy) is 1. The summed E-state index contributed by atoms with van der Waals surface area (Å²) in [4.78, 5) is 18.7. The van der Waals surface area contributed by atoms with Gasteiger partial charge in [-0.25, -0.2) is 0 Å².